The molecule has 0 aliphatic heterocycles. The Labute approximate surface area is 201 Å². The number of hydrogen-bond donors (Lipinski definition) is 1. The number of nitro groups is 1. The highest BCUT2D eigenvalue weighted by Gasteiger charge is 2.33. The summed E-state index contributed by atoms with van der Waals surface area (Å²) < 4.78 is 32.2. The van der Waals surface area contributed by atoms with Gasteiger partial charge in [0, 0.05) is 12.1 Å². The van der Waals surface area contributed by atoms with Crippen molar-refractivity contribution in [3.05, 3.63) is 63.7 Å². The van der Waals surface area contributed by atoms with E-state index in [9.17, 15) is 23.3 Å². The van der Waals surface area contributed by atoms with E-state index < -0.39 is 26.9 Å². The van der Waals surface area contributed by atoms with Crippen molar-refractivity contribution in [2.45, 2.75) is 52.5 Å². The Morgan fingerprint density at radius 3 is 2.41 bits per heavy atom. The second-order valence-electron chi connectivity index (χ2n) is 9.10. The van der Waals surface area contributed by atoms with Crippen molar-refractivity contribution in [1.29, 1.82) is 0 Å². The van der Waals surface area contributed by atoms with Gasteiger partial charge in [0.25, 0.3) is 5.69 Å². The van der Waals surface area contributed by atoms with Crippen LogP contribution in [0.4, 0.5) is 11.4 Å². The molecule has 0 radical (unpaired) electrons. The zero-order valence-corrected chi connectivity index (χ0v) is 21.3. The number of nitrogens with zero attached hydrogens (tertiary/aromatic N) is 2. The predicted octanol–water partition coefficient (Wildman–Crippen LogP) is 3.94. The number of aryl methyl sites for hydroxylation is 1. The lowest BCUT2D eigenvalue weighted by molar-refractivity contribution is -0.384. The quantitative estimate of drug-likeness (QED) is 0.305. The van der Waals surface area contributed by atoms with Crippen molar-refractivity contribution in [3.8, 4) is 5.75 Å². The van der Waals surface area contributed by atoms with E-state index in [0.29, 0.717) is 5.56 Å². The Kier molecular flexibility index (Phi) is 8.66. The second-order valence-corrected chi connectivity index (χ2v) is 11.0. The van der Waals surface area contributed by atoms with Crippen LogP contribution in [0.25, 0.3) is 0 Å². The molecule has 0 aliphatic carbocycles. The molecule has 1 amide bonds. The molecule has 0 bridgehead atoms. The SMILES string of the molecule is CC[C@H](C(=O)NCCOc1ccccc1C(C)(C)C)N(c1cc([N+](=O)[O-])ccc1C)S(C)(=O)=O. The second kappa shape index (κ2) is 10.9. The monoisotopic (exact) mass is 491 g/mol. The Morgan fingerprint density at radius 2 is 1.85 bits per heavy atom. The smallest absolute Gasteiger partial charge is 0.271 e. The number of carbonyl (C=O) groups excluding carboxylic acids is 1. The highest BCUT2D eigenvalue weighted by molar-refractivity contribution is 7.92. The molecule has 0 unspecified atom stereocenters. The highest BCUT2D eigenvalue weighted by Crippen LogP contribution is 2.31. The lowest BCUT2D eigenvalue weighted by Crippen LogP contribution is -2.50. The molecule has 34 heavy (non-hydrogen) atoms. The Morgan fingerprint density at radius 1 is 1.21 bits per heavy atom. The zero-order valence-electron chi connectivity index (χ0n) is 20.5. The highest BCUT2D eigenvalue weighted by atomic mass is 32.2. The minimum Gasteiger partial charge on any atom is -0.491 e. The lowest BCUT2D eigenvalue weighted by Gasteiger charge is -2.31. The maximum atomic E-state index is 13.0. The van der Waals surface area contributed by atoms with Crippen LogP contribution in [-0.2, 0) is 20.2 Å². The summed E-state index contributed by atoms with van der Waals surface area (Å²) in [5.74, 6) is 0.216. The molecule has 2 rings (SSSR count). The third-order valence-corrected chi connectivity index (χ3v) is 6.49. The number of nitrogens with one attached hydrogen (secondary N) is 1. The summed E-state index contributed by atoms with van der Waals surface area (Å²) in [5, 5.41) is 14.0. The Hall–Kier alpha value is -3.14. The van der Waals surface area contributed by atoms with Crippen molar-refractivity contribution in [3.63, 3.8) is 0 Å². The van der Waals surface area contributed by atoms with Crippen LogP contribution >= 0.6 is 0 Å². The van der Waals surface area contributed by atoms with Gasteiger partial charge in [0.1, 0.15) is 18.4 Å². The van der Waals surface area contributed by atoms with E-state index in [-0.39, 0.29) is 36.4 Å². The van der Waals surface area contributed by atoms with Crippen LogP contribution in [0.15, 0.2) is 42.5 Å². The van der Waals surface area contributed by atoms with E-state index in [2.05, 4.69) is 26.1 Å². The molecule has 0 heterocycles. The summed E-state index contributed by atoms with van der Waals surface area (Å²) >= 11 is 0. The number of benzene rings is 2. The van der Waals surface area contributed by atoms with Gasteiger partial charge < -0.3 is 10.1 Å². The van der Waals surface area contributed by atoms with E-state index >= 15 is 0 Å². The molecule has 0 aliphatic rings. The molecule has 2 aromatic rings. The van der Waals surface area contributed by atoms with Crippen molar-refractivity contribution in [1.82, 2.24) is 5.32 Å². The number of nitro benzene ring substituents is 1. The summed E-state index contributed by atoms with van der Waals surface area (Å²) in [6, 6.07) is 10.6. The molecule has 0 spiro atoms. The predicted molar refractivity (Wildman–Crippen MR) is 133 cm³/mol. The number of rotatable bonds is 10. The molecular formula is C24H33N3O6S. The van der Waals surface area contributed by atoms with Crippen molar-refractivity contribution in [2.75, 3.05) is 23.7 Å². The average molecular weight is 492 g/mol. The van der Waals surface area contributed by atoms with Gasteiger partial charge in [0.2, 0.25) is 15.9 Å². The van der Waals surface area contributed by atoms with E-state index in [1.54, 1.807) is 13.8 Å². The molecule has 0 saturated heterocycles. The number of sulfonamides is 1. The van der Waals surface area contributed by atoms with Crippen molar-refractivity contribution >= 4 is 27.3 Å². The molecule has 1 atom stereocenters. The van der Waals surface area contributed by atoms with Crippen LogP contribution in [0.5, 0.6) is 5.75 Å². The summed E-state index contributed by atoms with van der Waals surface area (Å²) in [5.41, 5.74) is 1.28. The van der Waals surface area contributed by atoms with Gasteiger partial charge in [-0.2, -0.15) is 0 Å². The molecule has 1 N–H and O–H groups in total. The number of amides is 1. The lowest BCUT2D eigenvalue weighted by atomic mass is 9.86. The topological polar surface area (TPSA) is 119 Å². The molecule has 2 aromatic carbocycles. The van der Waals surface area contributed by atoms with Crippen molar-refractivity contribution in [2.24, 2.45) is 0 Å². The number of non-ortho nitro benzene ring substituents is 1. The van der Waals surface area contributed by atoms with Crippen LogP contribution in [0.2, 0.25) is 0 Å². The molecule has 186 valence electrons. The molecule has 0 aromatic heterocycles. The van der Waals surface area contributed by atoms with E-state index in [0.717, 1.165) is 21.9 Å². The first-order valence-electron chi connectivity index (χ1n) is 11.0. The maximum Gasteiger partial charge on any atom is 0.271 e. The van der Waals surface area contributed by atoms with Gasteiger partial charge >= 0.3 is 0 Å². The fourth-order valence-electron chi connectivity index (χ4n) is 3.65. The summed E-state index contributed by atoms with van der Waals surface area (Å²) in [6.07, 6.45) is 1.16. The maximum absolute atomic E-state index is 13.0. The van der Waals surface area contributed by atoms with Gasteiger partial charge in [-0.3, -0.25) is 19.2 Å². The molecule has 0 fully saturated rings. The number of hydrogen-bond acceptors (Lipinski definition) is 6. The Balaban J connectivity index is 2.19. The molecule has 0 saturated carbocycles. The van der Waals surface area contributed by atoms with Gasteiger partial charge in [-0.15, -0.1) is 0 Å². The minimum atomic E-state index is -3.92. The largest absolute Gasteiger partial charge is 0.491 e. The fourth-order valence-corrected chi connectivity index (χ4v) is 4.91. The van der Waals surface area contributed by atoms with Crippen LogP contribution in [0.1, 0.15) is 45.2 Å². The zero-order chi connectivity index (χ0) is 25.7. The fraction of sp³-hybridized carbons (Fsp3) is 0.458. The minimum absolute atomic E-state index is 0.106. The number of ether oxygens (including phenoxy) is 1. The first-order chi connectivity index (χ1) is 15.8. The number of para-hydroxylation sites is 1. The average Bonchev–Trinajstić information content (AvgIpc) is 2.74. The van der Waals surface area contributed by atoms with E-state index in [4.69, 9.17) is 4.74 Å². The molecular weight excluding hydrogens is 458 g/mol. The third-order valence-electron chi connectivity index (χ3n) is 5.32. The molecule has 9 nitrogen and oxygen atoms in total. The first kappa shape index (κ1) is 27.1. The standard InChI is InChI=1S/C24H33N3O6S/c1-7-20(26(34(6,31)32)21-16-18(27(29)30)13-12-17(21)2)23(28)25-14-15-33-22-11-9-8-10-19(22)24(3,4)5/h8-13,16,20H,7,14-15H2,1-6H3,(H,25,28)/t20-/m1/s1. The summed E-state index contributed by atoms with van der Waals surface area (Å²) in [4.78, 5) is 23.6. The van der Waals surface area contributed by atoms with Gasteiger partial charge in [0.15, 0.2) is 0 Å². The summed E-state index contributed by atoms with van der Waals surface area (Å²) in [7, 11) is -3.92. The number of carbonyl (C=O) groups is 1. The third kappa shape index (κ3) is 6.69. The van der Waals surface area contributed by atoms with Crippen LogP contribution in [0, 0.1) is 17.0 Å². The Bertz CT molecular complexity index is 1140. The number of anilines is 1. The van der Waals surface area contributed by atoms with Gasteiger partial charge in [-0.25, -0.2) is 8.42 Å². The summed E-state index contributed by atoms with van der Waals surface area (Å²) in [6.45, 7) is 9.94. The van der Waals surface area contributed by atoms with Gasteiger partial charge in [-0.1, -0.05) is 52.0 Å². The van der Waals surface area contributed by atoms with Crippen molar-refractivity contribution < 1.29 is 22.9 Å². The van der Waals surface area contributed by atoms with Crippen LogP contribution in [-0.4, -0.2) is 44.7 Å². The van der Waals surface area contributed by atoms with Crippen LogP contribution in [0.3, 0.4) is 0 Å². The first-order valence-corrected chi connectivity index (χ1v) is 12.9. The van der Waals surface area contributed by atoms with E-state index in [1.807, 2.05) is 24.3 Å². The normalized spacial score (nSPS) is 12.6. The van der Waals surface area contributed by atoms with E-state index in [1.165, 1.54) is 18.2 Å². The molecule has 10 heteroatoms. The van der Waals surface area contributed by atoms with Gasteiger partial charge in [0.05, 0.1) is 23.4 Å². The van der Waals surface area contributed by atoms with Crippen LogP contribution < -0.4 is 14.4 Å². The van der Waals surface area contributed by atoms with Gasteiger partial charge in [-0.05, 0) is 36.0 Å².